The third kappa shape index (κ3) is 4.88. The first-order chi connectivity index (χ1) is 16.8. The smallest absolute Gasteiger partial charge is 0.301 e. The normalized spacial score (nSPS) is 17.3. The fourth-order valence-electron chi connectivity index (χ4n) is 3.77. The largest absolute Gasteiger partial charge is 0.507 e. The molecular formula is C25H26N4O5S. The number of carbonyl (C=O) groups is 2. The van der Waals surface area contributed by atoms with Crippen LogP contribution in [0, 0.1) is 12.8 Å². The van der Waals surface area contributed by atoms with Crippen LogP contribution in [0.25, 0.3) is 5.76 Å². The van der Waals surface area contributed by atoms with Gasteiger partial charge in [-0.2, -0.15) is 0 Å². The third-order valence-corrected chi connectivity index (χ3v) is 6.41. The predicted octanol–water partition coefficient (Wildman–Crippen LogP) is 4.30. The van der Waals surface area contributed by atoms with Crippen molar-refractivity contribution in [3.05, 3.63) is 64.4 Å². The summed E-state index contributed by atoms with van der Waals surface area (Å²) in [6.07, 6.45) is 3.88. The van der Waals surface area contributed by atoms with Crippen molar-refractivity contribution in [2.75, 3.05) is 18.6 Å². The Labute approximate surface area is 207 Å². The number of amides is 1. The van der Waals surface area contributed by atoms with Crippen molar-refractivity contribution in [1.29, 1.82) is 0 Å². The van der Waals surface area contributed by atoms with E-state index in [1.807, 2.05) is 0 Å². The first kappa shape index (κ1) is 24.3. The molecule has 0 radical (unpaired) electrons. The van der Waals surface area contributed by atoms with E-state index >= 15 is 0 Å². The first-order valence-electron chi connectivity index (χ1n) is 11.1. The summed E-state index contributed by atoms with van der Waals surface area (Å²) in [5.74, 6) is -0.408. The lowest BCUT2D eigenvalue weighted by Crippen LogP contribution is -2.29. The van der Waals surface area contributed by atoms with E-state index in [0.29, 0.717) is 40.2 Å². The molecule has 1 saturated heterocycles. The number of aromatic nitrogens is 3. The molecule has 0 saturated carbocycles. The zero-order valence-electron chi connectivity index (χ0n) is 19.9. The molecule has 1 atom stereocenters. The van der Waals surface area contributed by atoms with E-state index in [2.05, 4.69) is 29.0 Å². The minimum Gasteiger partial charge on any atom is -0.507 e. The van der Waals surface area contributed by atoms with Gasteiger partial charge in [-0.3, -0.25) is 19.5 Å². The van der Waals surface area contributed by atoms with E-state index in [1.165, 1.54) is 35.7 Å². The Balaban J connectivity index is 1.84. The van der Waals surface area contributed by atoms with Crippen LogP contribution in [0.4, 0.5) is 5.13 Å². The molecule has 1 fully saturated rings. The molecule has 3 aromatic rings. The summed E-state index contributed by atoms with van der Waals surface area (Å²) in [6, 6.07) is 7.41. The Morgan fingerprint density at radius 2 is 1.89 bits per heavy atom. The molecule has 1 N–H and O–H groups in total. The molecular weight excluding hydrogens is 468 g/mol. The summed E-state index contributed by atoms with van der Waals surface area (Å²) in [5, 5.41) is 20.1. The number of rotatable bonds is 8. The van der Waals surface area contributed by atoms with Crippen molar-refractivity contribution in [2.24, 2.45) is 5.92 Å². The van der Waals surface area contributed by atoms with Crippen molar-refractivity contribution in [1.82, 2.24) is 15.2 Å². The third-order valence-electron chi connectivity index (χ3n) is 5.58. The lowest BCUT2D eigenvalue weighted by molar-refractivity contribution is -0.132. The molecule has 0 aliphatic carbocycles. The maximum atomic E-state index is 13.2. The summed E-state index contributed by atoms with van der Waals surface area (Å²) in [6.45, 7) is 6.52. The first-order valence-corrected chi connectivity index (χ1v) is 12.0. The zero-order chi connectivity index (χ0) is 25.1. The minimum absolute atomic E-state index is 0.0513. The highest BCUT2D eigenvalue weighted by Gasteiger charge is 2.48. The van der Waals surface area contributed by atoms with Crippen LogP contribution in [-0.4, -0.2) is 45.7 Å². The standard InChI is InChI=1S/C25H26N4O5S/c1-14(2)9-12-34-18-6-5-17(13-19(18)33-4)21-20(22(30)16-7-10-26-11-8-16)23(31)24(32)29(21)25-28-27-15(3)35-25/h5-8,10-11,13-14,21,30H,9,12H2,1-4H3. The molecule has 4 rings (SSSR count). The molecule has 182 valence electrons. The highest BCUT2D eigenvalue weighted by Crippen LogP contribution is 2.44. The van der Waals surface area contributed by atoms with Gasteiger partial charge in [0.25, 0.3) is 5.78 Å². The van der Waals surface area contributed by atoms with Crippen molar-refractivity contribution >= 4 is 33.9 Å². The Morgan fingerprint density at radius 3 is 2.51 bits per heavy atom. The molecule has 1 aliphatic heterocycles. The van der Waals surface area contributed by atoms with E-state index in [-0.39, 0.29) is 16.5 Å². The van der Waals surface area contributed by atoms with Crippen LogP contribution < -0.4 is 14.4 Å². The molecule has 1 amide bonds. The predicted molar refractivity (Wildman–Crippen MR) is 132 cm³/mol. The minimum atomic E-state index is -0.936. The molecule has 1 aromatic carbocycles. The van der Waals surface area contributed by atoms with Crippen molar-refractivity contribution < 1.29 is 24.2 Å². The van der Waals surface area contributed by atoms with Gasteiger partial charge in [-0.15, -0.1) is 10.2 Å². The van der Waals surface area contributed by atoms with Crippen LogP contribution in [-0.2, 0) is 9.59 Å². The number of aryl methyl sites for hydroxylation is 1. The Hall–Kier alpha value is -3.79. The van der Waals surface area contributed by atoms with Gasteiger partial charge in [0.05, 0.1) is 25.3 Å². The Bertz CT molecular complexity index is 1270. The molecule has 2 aromatic heterocycles. The van der Waals surface area contributed by atoms with E-state index < -0.39 is 17.7 Å². The van der Waals surface area contributed by atoms with E-state index in [4.69, 9.17) is 9.47 Å². The van der Waals surface area contributed by atoms with E-state index in [0.717, 1.165) is 6.42 Å². The van der Waals surface area contributed by atoms with Gasteiger partial charge in [0, 0.05) is 18.0 Å². The fraction of sp³-hybridized carbons (Fsp3) is 0.320. The van der Waals surface area contributed by atoms with Gasteiger partial charge in [0.1, 0.15) is 10.8 Å². The molecule has 1 aliphatic rings. The van der Waals surface area contributed by atoms with Gasteiger partial charge in [-0.1, -0.05) is 31.3 Å². The number of Topliss-reactive ketones (excluding diaryl/α,β-unsaturated/α-hetero) is 1. The molecule has 0 spiro atoms. The average Bonchev–Trinajstić information content (AvgIpc) is 3.39. The maximum Gasteiger partial charge on any atom is 0.301 e. The van der Waals surface area contributed by atoms with E-state index in [1.54, 1.807) is 37.3 Å². The van der Waals surface area contributed by atoms with Crippen molar-refractivity contribution in [2.45, 2.75) is 33.2 Å². The summed E-state index contributed by atoms with van der Waals surface area (Å²) < 4.78 is 11.5. The number of hydrogen-bond donors (Lipinski definition) is 1. The number of aliphatic hydroxyl groups excluding tert-OH is 1. The second kappa shape index (κ2) is 10.2. The van der Waals surface area contributed by atoms with E-state index in [9.17, 15) is 14.7 Å². The molecule has 9 nitrogen and oxygen atoms in total. The number of anilines is 1. The maximum absolute atomic E-state index is 13.2. The van der Waals surface area contributed by atoms with Gasteiger partial charge in [0.15, 0.2) is 11.5 Å². The number of methoxy groups -OCH3 is 1. The quantitative estimate of drug-likeness (QED) is 0.280. The fourth-order valence-corrected chi connectivity index (χ4v) is 4.49. The highest BCUT2D eigenvalue weighted by molar-refractivity contribution is 7.15. The van der Waals surface area contributed by atoms with Gasteiger partial charge < -0.3 is 14.6 Å². The number of aliphatic hydroxyl groups is 1. The Kier molecular flexibility index (Phi) is 7.11. The number of pyridine rings is 1. The van der Waals surface area contributed by atoms with Crippen LogP contribution in [0.1, 0.15) is 42.4 Å². The topological polar surface area (TPSA) is 115 Å². The summed E-state index contributed by atoms with van der Waals surface area (Å²) in [7, 11) is 1.52. The monoisotopic (exact) mass is 494 g/mol. The number of hydrogen-bond acceptors (Lipinski definition) is 9. The lowest BCUT2D eigenvalue weighted by Gasteiger charge is -2.23. The average molecular weight is 495 g/mol. The van der Waals surface area contributed by atoms with Crippen LogP contribution >= 0.6 is 11.3 Å². The highest BCUT2D eigenvalue weighted by atomic mass is 32.1. The van der Waals surface area contributed by atoms with Crippen molar-refractivity contribution in [3.63, 3.8) is 0 Å². The summed E-state index contributed by atoms with van der Waals surface area (Å²) in [4.78, 5) is 31.6. The molecule has 0 bridgehead atoms. The SMILES string of the molecule is COc1cc(C2C(=C(O)c3ccncc3)C(=O)C(=O)N2c2nnc(C)s2)ccc1OCCC(C)C. The number of ether oxygens (including phenoxy) is 2. The number of nitrogens with zero attached hydrogens (tertiary/aromatic N) is 4. The molecule has 1 unspecified atom stereocenters. The molecule has 10 heteroatoms. The lowest BCUT2D eigenvalue weighted by atomic mass is 9.95. The van der Waals surface area contributed by atoms with Gasteiger partial charge in [-0.05, 0) is 49.1 Å². The van der Waals surface area contributed by atoms with Crippen LogP contribution in [0.2, 0.25) is 0 Å². The van der Waals surface area contributed by atoms with Crippen molar-refractivity contribution in [3.8, 4) is 11.5 Å². The second-order valence-electron chi connectivity index (χ2n) is 8.45. The second-order valence-corrected chi connectivity index (χ2v) is 9.61. The summed E-state index contributed by atoms with van der Waals surface area (Å²) >= 11 is 1.19. The van der Waals surface area contributed by atoms with Crippen LogP contribution in [0.5, 0.6) is 11.5 Å². The van der Waals surface area contributed by atoms with Gasteiger partial charge in [0.2, 0.25) is 5.13 Å². The Morgan fingerprint density at radius 1 is 1.14 bits per heavy atom. The number of carbonyl (C=O) groups excluding carboxylic acids is 2. The molecule has 35 heavy (non-hydrogen) atoms. The summed E-state index contributed by atoms with van der Waals surface area (Å²) in [5.41, 5.74) is 0.877. The van der Waals surface area contributed by atoms with Gasteiger partial charge in [-0.25, -0.2) is 0 Å². The molecule has 3 heterocycles. The number of benzene rings is 1. The van der Waals surface area contributed by atoms with Gasteiger partial charge >= 0.3 is 5.91 Å². The van der Waals surface area contributed by atoms with Crippen LogP contribution in [0.15, 0.2) is 48.3 Å². The van der Waals surface area contributed by atoms with Crippen LogP contribution in [0.3, 0.4) is 0 Å². The zero-order valence-corrected chi connectivity index (χ0v) is 20.7. The number of ketones is 1.